The van der Waals surface area contributed by atoms with Crippen LogP contribution < -0.4 is 0 Å². The van der Waals surface area contributed by atoms with E-state index in [0.29, 0.717) is 5.71 Å². The van der Waals surface area contributed by atoms with Crippen LogP contribution in [0, 0.1) is 5.92 Å². The third kappa shape index (κ3) is 3.22. The number of hydrogen-bond acceptors (Lipinski definition) is 5. The smallest absolute Gasteiger partial charge is 0.318 e. The van der Waals surface area contributed by atoms with Gasteiger partial charge in [-0.15, -0.1) is 0 Å². The van der Waals surface area contributed by atoms with E-state index < -0.39 is 39.1 Å². The van der Waals surface area contributed by atoms with Crippen molar-refractivity contribution in [3.63, 3.8) is 0 Å². The van der Waals surface area contributed by atoms with Crippen LogP contribution in [0.25, 0.3) is 0 Å². The third-order valence-corrected chi connectivity index (χ3v) is 3.84. The number of rotatable bonds is 4. The first-order valence-corrected chi connectivity index (χ1v) is 7.16. The molecule has 1 amide bonds. The molecule has 19 heavy (non-hydrogen) atoms. The predicted octanol–water partition coefficient (Wildman–Crippen LogP) is -0.392. The van der Waals surface area contributed by atoms with Gasteiger partial charge in [0.25, 0.3) is 5.91 Å². The molecule has 1 N–H and O–H groups in total. The van der Waals surface area contributed by atoms with Gasteiger partial charge in [0.05, 0.1) is 5.71 Å². The Hall–Kier alpha value is -2.09. The number of amidine groups is 1. The zero-order valence-electron chi connectivity index (χ0n) is 9.68. The van der Waals surface area contributed by atoms with Crippen molar-refractivity contribution in [2.75, 3.05) is 11.5 Å². The fourth-order valence-electron chi connectivity index (χ4n) is 1.72. The molecular formula is C11H10N2O5S. The van der Waals surface area contributed by atoms with E-state index in [0.717, 1.165) is 0 Å². The molecule has 1 heterocycles. The molecule has 0 fully saturated rings. The van der Waals surface area contributed by atoms with Crippen molar-refractivity contribution in [1.29, 1.82) is 0 Å². The molecule has 0 aromatic rings. The Bertz CT molecular complexity index is 655. The molecule has 8 heteroatoms. The Labute approximate surface area is 109 Å². The highest BCUT2D eigenvalue weighted by atomic mass is 32.2. The Morgan fingerprint density at radius 2 is 2.05 bits per heavy atom. The molecule has 0 aromatic carbocycles. The fraction of sp³-hybridized carbons (Fsp3) is 0.273. The Balaban J connectivity index is 2.21. The topological polar surface area (TPSA) is 113 Å². The van der Waals surface area contributed by atoms with Crippen LogP contribution in [0.3, 0.4) is 0 Å². The third-order valence-electron chi connectivity index (χ3n) is 2.46. The highest BCUT2D eigenvalue weighted by molar-refractivity contribution is 7.92. The largest absolute Gasteiger partial charge is 0.480 e. The Morgan fingerprint density at radius 3 is 2.74 bits per heavy atom. The number of hydrogen-bond donors (Lipinski definition) is 1. The summed E-state index contributed by atoms with van der Waals surface area (Å²) in [5, 5.41) is 8.48. The van der Waals surface area contributed by atoms with Gasteiger partial charge in [0.15, 0.2) is 9.84 Å². The van der Waals surface area contributed by atoms with Gasteiger partial charge in [0.2, 0.25) is 0 Å². The van der Waals surface area contributed by atoms with Crippen LogP contribution in [-0.2, 0) is 19.4 Å². The number of aliphatic imine (C=N–C) groups is 2. The monoisotopic (exact) mass is 282 g/mol. The van der Waals surface area contributed by atoms with Crippen LogP contribution >= 0.6 is 0 Å². The standard InChI is InChI=1S/C11H10N2O5S/c14-10(15)6-19(17,18)5-9-12-8-4-2-1-3-7(8)11(16)13-9/h1-4,7H,5-6H2,(H,14,15). The lowest BCUT2D eigenvalue weighted by atomic mass is 9.97. The lowest BCUT2D eigenvalue weighted by Gasteiger charge is -2.17. The van der Waals surface area contributed by atoms with E-state index in [1.807, 2.05) is 0 Å². The minimum absolute atomic E-state index is 0.169. The first-order chi connectivity index (χ1) is 8.87. The second-order valence-electron chi connectivity index (χ2n) is 4.05. The molecule has 1 aliphatic heterocycles. The lowest BCUT2D eigenvalue weighted by molar-refractivity contribution is -0.134. The number of carboxylic acid groups (broad SMARTS) is 1. The molecule has 1 aliphatic carbocycles. The van der Waals surface area contributed by atoms with Gasteiger partial charge < -0.3 is 5.11 Å². The van der Waals surface area contributed by atoms with Crippen molar-refractivity contribution in [3.05, 3.63) is 24.3 Å². The van der Waals surface area contributed by atoms with E-state index in [4.69, 9.17) is 5.11 Å². The van der Waals surface area contributed by atoms with Crippen molar-refractivity contribution < 1.29 is 23.1 Å². The van der Waals surface area contributed by atoms with Crippen molar-refractivity contribution in [3.8, 4) is 0 Å². The van der Waals surface area contributed by atoms with Crippen LogP contribution in [0.2, 0.25) is 0 Å². The molecule has 0 spiro atoms. The molecule has 0 radical (unpaired) electrons. The number of aliphatic carboxylic acids is 1. The summed E-state index contributed by atoms with van der Waals surface area (Å²) in [5.41, 5.74) is 0.419. The van der Waals surface area contributed by atoms with Gasteiger partial charge in [-0.05, 0) is 6.08 Å². The molecule has 2 rings (SSSR count). The molecule has 1 atom stereocenters. The quantitative estimate of drug-likeness (QED) is 0.754. The van der Waals surface area contributed by atoms with E-state index in [1.165, 1.54) is 0 Å². The summed E-state index contributed by atoms with van der Waals surface area (Å²) in [4.78, 5) is 29.7. The summed E-state index contributed by atoms with van der Waals surface area (Å²) in [7, 11) is -3.87. The van der Waals surface area contributed by atoms with Crippen molar-refractivity contribution in [2.45, 2.75) is 0 Å². The first kappa shape index (κ1) is 13.3. The second-order valence-corrected chi connectivity index (χ2v) is 6.12. The van der Waals surface area contributed by atoms with E-state index in [2.05, 4.69) is 9.98 Å². The number of carboxylic acids is 1. The van der Waals surface area contributed by atoms with Gasteiger partial charge in [0, 0.05) is 0 Å². The summed E-state index contributed by atoms with van der Waals surface area (Å²) in [6, 6.07) is 0. The normalized spacial score (nSPS) is 21.7. The molecule has 0 saturated heterocycles. The predicted molar refractivity (Wildman–Crippen MR) is 67.9 cm³/mol. The molecule has 100 valence electrons. The number of nitrogens with zero attached hydrogens (tertiary/aromatic N) is 2. The maximum absolute atomic E-state index is 11.7. The number of amides is 1. The van der Waals surface area contributed by atoms with Crippen LogP contribution in [0.5, 0.6) is 0 Å². The van der Waals surface area contributed by atoms with Gasteiger partial charge in [-0.1, -0.05) is 18.2 Å². The summed E-state index contributed by atoms with van der Waals surface area (Å²) in [5.74, 6) is -4.35. The van der Waals surface area contributed by atoms with Crippen LogP contribution in [0.15, 0.2) is 34.3 Å². The number of allylic oxidation sites excluding steroid dienone is 3. The summed E-state index contributed by atoms with van der Waals surface area (Å²) in [6.07, 6.45) is 6.58. The van der Waals surface area contributed by atoms with Crippen molar-refractivity contribution in [2.24, 2.45) is 15.9 Å². The minimum Gasteiger partial charge on any atom is -0.480 e. The van der Waals surface area contributed by atoms with Gasteiger partial charge in [0.1, 0.15) is 23.3 Å². The maximum atomic E-state index is 11.7. The molecule has 7 nitrogen and oxygen atoms in total. The van der Waals surface area contributed by atoms with Gasteiger partial charge >= 0.3 is 5.97 Å². The van der Waals surface area contributed by atoms with Crippen molar-refractivity contribution >= 4 is 33.3 Å². The average molecular weight is 282 g/mol. The van der Waals surface area contributed by atoms with Gasteiger partial charge in [-0.2, -0.15) is 4.99 Å². The molecule has 2 aliphatic rings. The average Bonchev–Trinajstić information content (AvgIpc) is 2.26. The summed E-state index contributed by atoms with van der Waals surface area (Å²) < 4.78 is 23.0. The highest BCUT2D eigenvalue weighted by Gasteiger charge is 2.28. The molecule has 0 aromatic heterocycles. The van der Waals surface area contributed by atoms with E-state index in [1.54, 1.807) is 24.3 Å². The minimum atomic E-state index is -3.87. The zero-order chi connectivity index (χ0) is 14.0. The Morgan fingerprint density at radius 1 is 1.32 bits per heavy atom. The zero-order valence-corrected chi connectivity index (χ0v) is 10.5. The fourth-order valence-corrected chi connectivity index (χ4v) is 2.72. The molecular weight excluding hydrogens is 272 g/mol. The van der Waals surface area contributed by atoms with Crippen LogP contribution in [-0.4, -0.2) is 48.5 Å². The molecule has 0 saturated carbocycles. The van der Waals surface area contributed by atoms with E-state index in [9.17, 15) is 18.0 Å². The lowest BCUT2D eigenvalue weighted by Crippen LogP contribution is -2.31. The summed E-state index contributed by atoms with van der Waals surface area (Å²) >= 11 is 0. The molecule has 0 bridgehead atoms. The van der Waals surface area contributed by atoms with Crippen molar-refractivity contribution in [1.82, 2.24) is 0 Å². The first-order valence-electron chi connectivity index (χ1n) is 5.34. The highest BCUT2D eigenvalue weighted by Crippen LogP contribution is 2.16. The van der Waals surface area contributed by atoms with Crippen LogP contribution in [0.1, 0.15) is 0 Å². The Kier molecular flexibility index (Phi) is 3.43. The van der Waals surface area contributed by atoms with Crippen LogP contribution in [0.4, 0.5) is 0 Å². The maximum Gasteiger partial charge on any atom is 0.318 e. The SMILES string of the molecule is O=C(O)CS(=O)(=O)CC1=NC(=O)C2C=CC=CC2=N1. The molecule has 1 unspecified atom stereocenters. The van der Waals surface area contributed by atoms with E-state index >= 15 is 0 Å². The summed E-state index contributed by atoms with van der Waals surface area (Å²) in [6.45, 7) is 0. The number of sulfone groups is 1. The van der Waals surface area contributed by atoms with E-state index in [-0.39, 0.29) is 5.84 Å². The number of carbonyl (C=O) groups excluding carboxylic acids is 1. The number of fused-ring (bicyclic) bond motifs is 1. The van der Waals surface area contributed by atoms with Gasteiger partial charge in [-0.25, -0.2) is 13.4 Å². The van der Waals surface area contributed by atoms with Gasteiger partial charge in [-0.3, -0.25) is 9.59 Å². The number of carbonyl (C=O) groups is 2. The second kappa shape index (κ2) is 4.88.